The lowest BCUT2D eigenvalue weighted by Gasteiger charge is -2.12. The van der Waals surface area contributed by atoms with Crippen molar-refractivity contribution in [2.45, 2.75) is 25.7 Å². The molecule has 0 saturated heterocycles. The molecule has 138 valence electrons. The van der Waals surface area contributed by atoms with Gasteiger partial charge in [-0.1, -0.05) is 48.5 Å². The van der Waals surface area contributed by atoms with Crippen molar-refractivity contribution in [2.24, 2.45) is 5.10 Å². The summed E-state index contributed by atoms with van der Waals surface area (Å²) in [6, 6.07) is 18.8. The number of aromatic nitrogens is 1. The van der Waals surface area contributed by atoms with Gasteiger partial charge in [0.25, 0.3) is 5.56 Å². The molecule has 0 N–H and O–H groups in total. The van der Waals surface area contributed by atoms with Crippen LogP contribution < -0.4 is 11.2 Å². The van der Waals surface area contributed by atoms with E-state index in [1.807, 2.05) is 54.6 Å². The molecule has 5 nitrogen and oxygen atoms in total. The first-order valence-corrected chi connectivity index (χ1v) is 9.46. The van der Waals surface area contributed by atoms with Crippen molar-refractivity contribution < 1.29 is 4.42 Å². The fourth-order valence-electron chi connectivity index (χ4n) is 3.88. The molecule has 28 heavy (non-hydrogen) atoms. The highest BCUT2D eigenvalue weighted by Gasteiger charge is 2.18. The minimum Gasteiger partial charge on any atom is -0.422 e. The minimum absolute atomic E-state index is 0.0423. The van der Waals surface area contributed by atoms with Gasteiger partial charge in [0.15, 0.2) is 0 Å². The third-order valence-corrected chi connectivity index (χ3v) is 5.26. The minimum atomic E-state index is -0.626. The van der Waals surface area contributed by atoms with Crippen LogP contribution >= 0.6 is 0 Å². The van der Waals surface area contributed by atoms with Gasteiger partial charge in [-0.3, -0.25) is 4.79 Å². The second-order valence-electron chi connectivity index (χ2n) is 7.06. The smallest absolute Gasteiger partial charge is 0.349 e. The molecule has 2 aromatic carbocycles. The summed E-state index contributed by atoms with van der Waals surface area (Å²) < 4.78 is 6.79. The summed E-state index contributed by atoms with van der Waals surface area (Å²) in [5.74, 6) is 0. The third kappa shape index (κ3) is 2.67. The lowest BCUT2D eigenvalue weighted by molar-refractivity contribution is 0.568. The quantitative estimate of drug-likeness (QED) is 0.384. The summed E-state index contributed by atoms with van der Waals surface area (Å²) >= 11 is 0. The standard InChI is InChI=1S/C23H18N2O3/c26-22-21-18(17-12-6-7-13-20(17)28-23(21)27)14-19(15-8-2-1-3-9-15)25(22)24-16-10-4-5-11-16/h1-3,6-9,12-14H,4-5,10-11H2. The van der Waals surface area contributed by atoms with Crippen LogP contribution in [0.25, 0.3) is 33.0 Å². The average Bonchev–Trinajstić information content (AvgIpc) is 3.23. The normalized spacial score (nSPS) is 14.1. The molecule has 0 bridgehead atoms. The van der Waals surface area contributed by atoms with Crippen molar-refractivity contribution in [3.63, 3.8) is 0 Å². The maximum absolute atomic E-state index is 13.4. The molecule has 5 heteroatoms. The van der Waals surface area contributed by atoms with Crippen LogP contribution in [0.15, 0.2) is 79.8 Å². The SMILES string of the molecule is O=c1oc2ccccc2c2cc(-c3ccccc3)n(N=C3CCCC3)c(=O)c12. The van der Waals surface area contributed by atoms with Crippen molar-refractivity contribution >= 4 is 27.5 Å². The first kappa shape index (κ1) is 16.7. The van der Waals surface area contributed by atoms with Gasteiger partial charge in [0.2, 0.25) is 0 Å². The Bertz CT molecular complexity index is 1340. The third-order valence-electron chi connectivity index (χ3n) is 5.26. The molecule has 0 aliphatic heterocycles. The van der Waals surface area contributed by atoms with E-state index in [0.717, 1.165) is 42.3 Å². The van der Waals surface area contributed by atoms with E-state index in [0.29, 0.717) is 16.7 Å². The second-order valence-corrected chi connectivity index (χ2v) is 7.06. The van der Waals surface area contributed by atoms with E-state index in [9.17, 15) is 9.59 Å². The maximum atomic E-state index is 13.4. The summed E-state index contributed by atoms with van der Waals surface area (Å²) in [4.78, 5) is 26.0. The number of benzene rings is 2. The maximum Gasteiger partial charge on any atom is 0.349 e. The Morgan fingerprint density at radius 2 is 1.57 bits per heavy atom. The van der Waals surface area contributed by atoms with Crippen LogP contribution in [0.4, 0.5) is 0 Å². The summed E-state index contributed by atoms with van der Waals surface area (Å²) in [5.41, 5.74) is 1.95. The van der Waals surface area contributed by atoms with E-state index in [1.54, 1.807) is 6.07 Å². The van der Waals surface area contributed by atoms with E-state index in [-0.39, 0.29) is 5.39 Å². The molecule has 2 aromatic heterocycles. The number of pyridine rings is 1. The molecule has 0 radical (unpaired) electrons. The predicted octanol–water partition coefficient (Wildman–Crippen LogP) is 4.55. The molecule has 1 saturated carbocycles. The van der Waals surface area contributed by atoms with Gasteiger partial charge < -0.3 is 4.42 Å². The van der Waals surface area contributed by atoms with Gasteiger partial charge in [0.05, 0.1) is 5.69 Å². The lowest BCUT2D eigenvalue weighted by Crippen LogP contribution is -2.24. The number of para-hydroxylation sites is 1. The Labute approximate surface area is 160 Å². The zero-order valence-corrected chi connectivity index (χ0v) is 15.2. The van der Waals surface area contributed by atoms with E-state index < -0.39 is 11.2 Å². The van der Waals surface area contributed by atoms with Crippen LogP contribution in [0, 0.1) is 0 Å². The predicted molar refractivity (Wildman–Crippen MR) is 111 cm³/mol. The van der Waals surface area contributed by atoms with Gasteiger partial charge in [0, 0.05) is 22.0 Å². The van der Waals surface area contributed by atoms with Crippen molar-refractivity contribution in [3.8, 4) is 11.3 Å². The molecule has 4 aromatic rings. The molecule has 0 spiro atoms. The molecule has 0 unspecified atom stereocenters. The number of rotatable bonds is 2. The monoisotopic (exact) mass is 370 g/mol. The Kier molecular flexibility index (Phi) is 3.93. The molecule has 0 amide bonds. The molecular formula is C23H18N2O3. The number of hydrogen-bond acceptors (Lipinski definition) is 4. The second kappa shape index (κ2) is 6.60. The summed E-state index contributed by atoms with van der Waals surface area (Å²) in [5, 5.41) is 6.03. The van der Waals surface area contributed by atoms with E-state index >= 15 is 0 Å². The van der Waals surface area contributed by atoms with Gasteiger partial charge in [-0.2, -0.15) is 9.78 Å². The Hall–Kier alpha value is -3.47. The van der Waals surface area contributed by atoms with Crippen LogP contribution in [0.2, 0.25) is 0 Å². The number of fused-ring (bicyclic) bond motifs is 3. The molecule has 1 aliphatic rings. The van der Waals surface area contributed by atoms with E-state index in [2.05, 4.69) is 5.10 Å². The van der Waals surface area contributed by atoms with Crippen LogP contribution in [0.1, 0.15) is 25.7 Å². The number of nitrogens with zero attached hydrogens (tertiary/aromatic N) is 2. The molecular weight excluding hydrogens is 352 g/mol. The summed E-state index contributed by atoms with van der Waals surface area (Å²) in [6.45, 7) is 0. The van der Waals surface area contributed by atoms with Crippen LogP contribution in [0.3, 0.4) is 0 Å². The first-order chi connectivity index (χ1) is 13.7. The van der Waals surface area contributed by atoms with Gasteiger partial charge in [-0.25, -0.2) is 4.79 Å². The Balaban J connectivity index is 1.94. The lowest BCUT2D eigenvalue weighted by atomic mass is 10.0. The van der Waals surface area contributed by atoms with Gasteiger partial charge in [-0.15, -0.1) is 0 Å². The summed E-state index contributed by atoms with van der Waals surface area (Å²) in [6.07, 6.45) is 3.92. The highest BCUT2D eigenvalue weighted by molar-refractivity contribution is 6.05. The zero-order valence-electron chi connectivity index (χ0n) is 15.2. The first-order valence-electron chi connectivity index (χ1n) is 9.46. The summed E-state index contributed by atoms with van der Waals surface area (Å²) in [7, 11) is 0. The van der Waals surface area contributed by atoms with Crippen LogP contribution in [0.5, 0.6) is 0 Å². The molecule has 5 rings (SSSR count). The van der Waals surface area contributed by atoms with E-state index in [1.165, 1.54) is 4.68 Å². The van der Waals surface area contributed by atoms with Gasteiger partial charge in [-0.05, 0) is 37.8 Å². The molecule has 1 aliphatic carbocycles. The van der Waals surface area contributed by atoms with Crippen LogP contribution in [-0.2, 0) is 0 Å². The highest BCUT2D eigenvalue weighted by atomic mass is 16.4. The van der Waals surface area contributed by atoms with Crippen molar-refractivity contribution in [2.75, 3.05) is 0 Å². The molecule has 2 heterocycles. The molecule has 0 atom stereocenters. The molecule has 1 fully saturated rings. The average molecular weight is 370 g/mol. The van der Waals surface area contributed by atoms with Crippen LogP contribution in [-0.4, -0.2) is 10.4 Å². The van der Waals surface area contributed by atoms with Crippen molar-refractivity contribution in [3.05, 3.63) is 81.4 Å². The fraction of sp³-hybridized carbons (Fsp3) is 0.174. The van der Waals surface area contributed by atoms with Crippen molar-refractivity contribution in [1.29, 1.82) is 0 Å². The van der Waals surface area contributed by atoms with Crippen molar-refractivity contribution in [1.82, 2.24) is 4.68 Å². The Morgan fingerprint density at radius 3 is 2.36 bits per heavy atom. The fourth-order valence-corrected chi connectivity index (χ4v) is 3.88. The number of hydrogen-bond donors (Lipinski definition) is 0. The Morgan fingerprint density at radius 1 is 0.857 bits per heavy atom. The van der Waals surface area contributed by atoms with E-state index in [4.69, 9.17) is 4.42 Å². The topological polar surface area (TPSA) is 64.6 Å². The zero-order chi connectivity index (χ0) is 19.1. The van der Waals surface area contributed by atoms with Gasteiger partial charge >= 0.3 is 5.63 Å². The highest BCUT2D eigenvalue weighted by Crippen LogP contribution is 2.27. The van der Waals surface area contributed by atoms with Gasteiger partial charge in [0.1, 0.15) is 11.0 Å². The largest absolute Gasteiger partial charge is 0.422 e.